The lowest BCUT2D eigenvalue weighted by atomic mass is 10.2. The van der Waals surface area contributed by atoms with Gasteiger partial charge in [-0.05, 0) is 19.9 Å². The van der Waals surface area contributed by atoms with Crippen LogP contribution in [0.5, 0.6) is 0 Å². The zero-order chi connectivity index (χ0) is 11.8. The predicted octanol–water partition coefficient (Wildman–Crippen LogP) is 0.308. The highest BCUT2D eigenvalue weighted by Crippen LogP contribution is 1.91. The topological polar surface area (TPSA) is 69.6 Å². The predicted molar refractivity (Wildman–Crippen MR) is 57.6 cm³/mol. The number of carbonyl (C=O) groups is 2. The average Bonchev–Trinajstić information content (AvgIpc) is 2.15. The second-order valence-electron chi connectivity index (χ2n) is 3.57. The molecule has 1 unspecified atom stereocenters. The molecule has 0 aromatic rings. The maximum absolute atomic E-state index is 11.4. The third-order valence-corrected chi connectivity index (χ3v) is 2.19. The minimum absolute atomic E-state index is 0.0928. The van der Waals surface area contributed by atoms with Gasteiger partial charge in [0.25, 0.3) is 0 Å². The summed E-state index contributed by atoms with van der Waals surface area (Å²) >= 11 is 0. The number of carboxylic acid groups (broad SMARTS) is 1. The van der Waals surface area contributed by atoms with Gasteiger partial charge in [0, 0.05) is 6.04 Å². The highest BCUT2D eigenvalue weighted by Gasteiger charge is 2.12. The molecule has 5 nitrogen and oxygen atoms in total. The molecule has 0 saturated heterocycles. The second-order valence-corrected chi connectivity index (χ2v) is 3.57. The molecule has 0 rings (SSSR count). The Morgan fingerprint density at radius 1 is 1.33 bits per heavy atom. The quantitative estimate of drug-likeness (QED) is 0.642. The summed E-state index contributed by atoms with van der Waals surface area (Å²) in [5.41, 5.74) is 0. The number of nitrogens with zero attached hydrogens (tertiary/aromatic N) is 1. The van der Waals surface area contributed by atoms with Crippen molar-refractivity contribution in [3.63, 3.8) is 0 Å². The van der Waals surface area contributed by atoms with Gasteiger partial charge in [0.15, 0.2) is 0 Å². The fraction of sp³-hybridized carbons (Fsp3) is 0.800. The molecule has 2 N–H and O–H groups in total. The van der Waals surface area contributed by atoms with E-state index in [0.29, 0.717) is 6.54 Å². The Labute approximate surface area is 90.5 Å². The summed E-state index contributed by atoms with van der Waals surface area (Å²) in [5, 5.41) is 11.4. The van der Waals surface area contributed by atoms with Crippen molar-refractivity contribution in [2.24, 2.45) is 0 Å². The number of carbonyl (C=O) groups excluding carboxylic acids is 1. The molecule has 0 radical (unpaired) electrons. The smallest absolute Gasteiger partial charge is 0.317 e. The molecule has 0 heterocycles. The lowest BCUT2D eigenvalue weighted by Crippen LogP contribution is -2.42. The van der Waals surface area contributed by atoms with Crippen molar-refractivity contribution >= 4 is 11.9 Å². The third kappa shape index (κ3) is 6.90. The average molecular weight is 216 g/mol. The van der Waals surface area contributed by atoms with Gasteiger partial charge in [-0.2, -0.15) is 0 Å². The second kappa shape index (κ2) is 7.23. The first-order valence-corrected chi connectivity index (χ1v) is 5.23. The van der Waals surface area contributed by atoms with Crippen molar-refractivity contribution in [2.75, 3.05) is 19.6 Å². The summed E-state index contributed by atoms with van der Waals surface area (Å²) in [6.45, 7) is 6.35. The lowest BCUT2D eigenvalue weighted by molar-refractivity contribution is -0.138. The SMILES string of the molecule is CCC(C)NC(=O)CN(CC)CC(=O)O. The number of rotatable bonds is 7. The number of amides is 1. The lowest BCUT2D eigenvalue weighted by Gasteiger charge is -2.19. The van der Waals surface area contributed by atoms with Gasteiger partial charge in [0.1, 0.15) is 0 Å². The number of aliphatic carboxylic acids is 1. The van der Waals surface area contributed by atoms with Crippen LogP contribution in [0.3, 0.4) is 0 Å². The van der Waals surface area contributed by atoms with Crippen molar-refractivity contribution in [3.05, 3.63) is 0 Å². The molecule has 1 amide bonds. The van der Waals surface area contributed by atoms with Crippen LogP contribution in [-0.2, 0) is 9.59 Å². The molecule has 0 fully saturated rings. The van der Waals surface area contributed by atoms with Gasteiger partial charge in [0.05, 0.1) is 13.1 Å². The Morgan fingerprint density at radius 3 is 2.33 bits per heavy atom. The van der Waals surface area contributed by atoms with Crippen molar-refractivity contribution in [1.82, 2.24) is 10.2 Å². The largest absolute Gasteiger partial charge is 0.480 e. The molecule has 0 aromatic carbocycles. The highest BCUT2D eigenvalue weighted by atomic mass is 16.4. The van der Waals surface area contributed by atoms with E-state index in [0.717, 1.165) is 6.42 Å². The van der Waals surface area contributed by atoms with Crippen LogP contribution in [0.25, 0.3) is 0 Å². The Morgan fingerprint density at radius 2 is 1.93 bits per heavy atom. The van der Waals surface area contributed by atoms with Crippen LogP contribution in [0.1, 0.15) is 27.2 Å². The van der Waals surface area contributed by atoms with Crippen LogP contribution in [-0.4, -0.2) is 47.6 Å². The van der Waals surface area contributed by atoms with Gasteiger partial charge in [-0.15, -0.1) is 0 Å². The summed E-state index contributed by atoms with van der Waals surface area (Å²) in [7, 11) is 0. The first-order valence-electron chi connectivity index (χ1n) is 5.23. The number of carboxylic acids is 1. The van der Waals surface area contributed by atoms with E-state index in [4.69, 9.17) is 5.11 Å². The fourth-order valence-corrected chi connectivity index (χ4v) is 1.10. The molecule has 88 valence electrons. The summed E-state index contributed by atoms with van der Waals surface area (Å²) in [5.74, 6) is -1.03. The molecule has 15 heavy (non-hydrogen) atoms. The number of hydrogen-bond donors (Lipinski definition) is 2. The van der Waals surface area contributed by atoms with E-state index < -0.39 is 5.97 Å². The number of hydrogen-bond acceptors (Lipinski definition) is 3. The molecule has 1 atom stereocenters. The van der Waals surface area contributed by atoms with Crippen molar-refractivity contribution < 1.29 is 14.7 Å². The summed E-state index contributed by atoms with van der Waals surface area (Å²) < 4.78 is 0. The van der Waals surface area contributed by atoms with E-state index in [1.54, 1.807) is 4.90 Å². The molecular weight excluding hydrogens is 196 g/mol. The number of likely N-dealkylation sites (N-methyl/N-ethyl adjacent to an activating group) is 1. The summed E-state index contributed by atoms with van der Waals surface area (Å²) in [6.07, 6.45) is 0.872. The van der Waals surface area contributed by atoms with Crippen LogP contribution in [0, 0.1) is 0 Å². The van der Waals surface area contributed by atoms with Crippen molar-refractivity contribution in [2.45, 2.75) is 33.2 Å². The van der Waals surface area contributed by atoms with Crippen LogP contribution in [0.15, 0.2) is 0 Å². The summed E-state index contributed by atoms with van der Waals surface area (Å²) in [4.78, 5) is 23.5. The minimum Gasteiger partial charge on any atom is -0.480 e. The van der Waals surface area contributed by atoms with Gasteiger partial charge < -0.3 is 10.4 Å². The molecule has 0 aliphatic heterocycles. The van der Waals surface area contributed by atoms with Gasteiger partial charge in [-0.25, -0.2) is 0 Å². The molecule has 0 aliphatic rings. The van der Waals surface area contributed by atoms with Crippen molar-refractivity contribution in [3.8, 4) is 0 Å². The Bertz CT molecular complexity index is 219. The van der Waals surface area contributed by atoms with Gasteiger partial charge in [0.2, 0.25) is 5.91 Å². The first kappa shape index (κ1) is 13.9. The molecule has 0 saturated carbocycles. The van der Waals surface area contributed by atoms with Gasteiger partial charge >= 0.3 is 5.97 Å². The van der Waals surface area contributed by atoms with Crippen LogP contribution >= 0.6 is 0 Å². The standard InChI is InChI=1S/C10H20N2O3/c1-4-8(3)11-9(13)6-12(5-2)7-10(14)15/h8H,4-7H2,1-3H3,(H,11,13)(H,14,15). The third-order valence-electron chi connectivity index (χ3n) is 2.19. The Kier molecular flexibility index (Phi) is 6.70. The number of nitrogens with one attached hydrogen (secondary N) is 1. The van der Waals surface area contributed by atoms with Gasteiger partial charge in [-0.3, -0.25) is 14.5 Å². The van der Waals surface area contributed by atoms with Crippen LogP contribution in [0.4, 0.5) is 0 Å². The zero-order valence-corrected chi connectivity index (χ0v) is 9.62. The Hall–Kier alpha value is -1.10. The maximum atomic E-state index is 11.4. The minimum atomic E-state index is -0.909. The van der Waals surface area contributed by atoms with Crippen LogP contribution in [0.2, 0.25) is 0 Å². The molecule has 0 spiro atoms. The highest BCUT2D eigenvalue weighted by molar-refractivity contribution is 5.79. The fourth-order valence-electron chi connectivity index (χ4n) is 1.10. The molecule has 0 aliphatic carbocycles. The van der Waals surface area contributed by atoms with E-state index in [-0.39, 0.29) is 25.0 Å². The maximum Gasteiger partial charge on any atom is 0.317 e. The molecule has 0 aromatic heterocycles. The first-order chi connectivity index (χ1) is 6.99. The van der Waals surface area contributed by atoms with E-state index >= 15 is 0 Å². The molecule has 5 heteroatoms. The molecule has 0 bridgehead atoms. The molecular formula is C10H20N2O3. The van der Waals surface area contributed by atoms with Gasteiger partial charge in [-0.1, -0.05) is 13.8 Å². The van der Waals surface area contributed by atoms with E-state index in [2.05, 4.69) is 5.32 Å². The zero-order valence-electron chi connectivity index (χ0n) is 9.62. The van der Waals surface area contributed by atoms with Crippen LogP contribution < -0.4 is 5.32 Å². The van der Waals surface area contributed by atoms with E-state index in [1.807, 2.05) is 20.8 Å². The van der Waals surface area contributed by atoms with Crippen molar-refractivity contribution in [1.29, 1.82) is 0 Å². The monoisotopic (exact) mass is 216 g/mol. The normalized spacial score (nSPS) is 12.5. The summed E-state index contributed by atoms with van der Waals surface area (Å²) in [6, 6.07) is 0.140. The van der Waals surface area contributed by atoms with E-state index in [9.17, 15) is 9.59 Å². The Balaban J connectivity index is 3.95. The van der Waals surface area contributed by atoms with E-state index in [1.165, 1.54) is 0 Å².